The van der Waals surface area contributed by atoms with Crippen molar-refractivity contribution in [1.82, 2.24) is 4.90 Å². The van der Waals surface area contributed by atoms with Crippen molar-refractivity contribution in [2.45, 2.75) is 27.7 Å². The van der Waals surface area contributed by atoms with Crippen LogP contribution in [0.15, 0.2) is 30.3 Å². The quantitative estimate of drug-likeness (QED) is 0.550. The van der Waals surface area contributed by atoms with Crippen LogP contribution >= 0.6 is 0 Å². The van der Waals surface area contributed by atoms with E-state index in [9.17, 15) is 19.7 Å². The maximum Gasteiger partial charge on any atom is 0.269 e. The van der Waals surface area contributed by atoms with Crippen molar-refractivity contribution in [3.63, 3.8) is 0 Å². The van der Waals surface area contributed by atoms with Gasteiger partial charge in [0, 0.05) is 23.5 Å². The Morgan fingerprint density at radius 2 is 1.48 bits per heavy atom. The molecule has 8 heteroatoms. The maximum atomic E-state index is 12.4. The number of nitro benzene ring substituents is 1. The largest absolute Gasteiger partial charge is 0.325 e. The first-order valence-corrected chi connectivity index (χ1v) is 9.18. The number of anilines is 2. The number of benzene rings is 2. The highest BCUT2D eigenvalue weighted by atomic mass is 16.6. The number of nitro groups is 1. The van der Waals surface area contributed by atoms with Crippen LogP contribution in [0, 0.1) is 37.8 Å². The van der Waals surface area contributed by atoms with Gasteiger partial charge in [-0.1, -0.05) is 17.7 Å². The minimum Gasteiger partial charge on any atom is -0.325 e. The molecule has 0 saturated carbocycles. The van der Waals surface area contributed by atoms with Crippen LogP contribution in [0.2, 0.25) is 0 Å². The summed E-state index contributed by atoms with van der Waals surface area (Å²) in [6.07, 6.45) is 0. The molecule has 0 fully saturated rings. The fourth-order valence-corrected chi connectivity index (χ4v) is 3.19. The third-order valence-electron chi connectivity index (χ3n) is 4.46. The standard InChI is InChI=1S/C21H26N4O4/c1-13-8-15(3)21(16(4)9-13)23-20(27)12-24(5)11-19(26)22-18-7-6-17(25(28)29)10-14(18)2/h6-10H,11-12H2,1-5H3,(H,22,26)(H,23,27). The van der Waals surface area contributed by atoms with E-state index in [2.05, 4.69) is 10.6 Å². The van der Waals surface area contributed by atoms with E-state index >= 15 is 0 Å². The zero-order chi connectivity index (χ0) is 21.7. The third kappa shape index (κ3) is 6.11. The Labute approximate surface area is 170 Å². The summed E-state index contributed by atoms with van der Waals surface area (Å²) in [5.74, 6) is -0.512. The summed E-state index contributed by atoms with van der Waals surface area (Å²) >= 11 is 0. The number of nitrogens with one attached hydrogen (secondary N) is 2. The van der Waals surface area contributed by atoms with Crippen LogP contribution < -0.4 is 10.6 Å². The summed E-state index contributed by atoms with van der Waals surface area (Å²) in [6, 6.07) is 8.25. The van der Waals surface area contributed by atoms with Crippen LogP contribution in [0.5, 0.6) is 0 Å². The van der Waals surface area contributed by atoms with E-state index in [0.29, 0.717) is 11.3 Å². The molecule has 8 nitrogen and oxygen atoms in total. The summed E-state index contributed by atoms with van der Waals surface area (Å²) in [7, 11) is 1.68. The van der Waals surface area contributed by atoms with Crippen molar-refractivity contribution in [3.05, 3.63) is 62.7 Å². The second-order valence-corrected chi connectivity index (χ2v) is 7.30. The first-order chi connectivity index (χ1) is 13.6. The SMILES string of the molecule is Cc1cc(C)c(NC(=O)CN(C)CC(=O)Nc2ccc([N+](=O)[O-])cc2C)c(C)c1. The molecule has 2 N–H and O–H groups in total. The normalized spacial score (nSPS) is 10.7. The average Bonchev–Trinajstić information content (AvgIpc) is 2.59. The molecule has 0 aliphatic carbocycles. The molecule has 2 aromatic carbocycles. The molecule has 0 aliphatic heterocycles. The second-order valence-electron chi connectivity index (χ2n) is 7.30. The molecule has 0 atom stereocenters. The van der Waals surface area contributed by atoms with E-state index in [1.165, 1.54) is 18.2 Å². The van der Waals surface area contributed by atoms with Crippen molar-refractivity contribution in [3.8, 4) is 0 Å². The van der Waals surface area contributed by atoms with Crippen LogP contribution in [-0.2, 0) is 9.59 Å². The Bertz CT molecular complexity index is 933. The number of carbonyl (C=O) groups is 2. The molecule has 0 radical (unpaired) electrons. The van der Waals surface area contributed by atoms with Crippen molar-refractivity contribution < 1.29 is 14.5 Å². The molecule has 2 amide bonds. The average molecular weight is 398 g/mol. The van der Waals surface area contributed by atoms with Gasteiger partial charge in [0.15, 0.2) is 0 Å². The topological polar surface area (TPSA) is 105 Å². The molecule has 154 valence electrons. The van der Waals surface area contributed by atoms with Gasteiger partial charge in [0.25, 0.3) is 5.69 Å². The Balaban J connectivity index is 1.92. The number of carbonyl (C=O) groups excluding carboxylic acids is 2. The minimum atomic E-state index is -0.484. The zero-order valence-corrected chi connectivity index (χ0v) is 17.3. The molecule has 2 rings (SSSR count). The summed E-state index contributed by atoms with van der Waals surface area (Å²) in [4.78, 5) is 36.5. The Hall–Kier alpha value is -3.26. The molecule has 2 aromatic rings. The summed E-state index contributed by atoms with van der Waals surface area (Å²) in [5.41, 5.74) is 4.97. The highest BCUT2D eigenvalue weighted by Crippen LogP contribution is 2.22. The van der Waals surface area contributed by atoms with Gasteiger partial charge >= 0.3 is 0 Å². The smallest absolute Gasteiger partial charge is 0.269 e. The monoisotopic (exact) mass is 398 g/mol. The Kier molecular flexibility index (Phi) is 7.06. The molecule has 0 bridgehead atoms. The Morgan fingerprint density at radius 1 is 0.931 bits per heavy atom. The van der Waals surface area contributed by atoms with Crippen molar-refractivity contribution in [2.24, 2.45) is 0 Å². The van der Waals surface area contributed by atoms with E-state index in [-0.39, 0.29) is 30.6 Å². The van der Waals surface area contributed by atoms with E-state index in [1.54, 1.807) is 18.9 Å². The van der Waals surface area contributed by atoms with Gasteiger partial charge in [-0.25, -0.2) is 0 Å². The van der Waals surface area contributed by atoms with Gasteiger partial charge in [-0.05, 0) is 57.5 Å². The fraction of sp³-hybridized carbons (Fsp3) is 0.333. The first kappa shape index (κ1) is 22.0. The molecule has 29 heavy (non-hydrogen) atoms. The maximum absolute atomic E-state index is 12.4. The van der Waals surface area contributed by atoms with Gasteiger partial charge in [-0.2, -0.15) is 0 Å². The molecular formula is C21H26N4O4. The summed E-state index contributed by atoms with van der Waals surface area (Å²) in [5, 5.41) is 16.4. The predicted molar refractivity (Wildman–Crippen MR) is 113 cm³/mol. The molecule has 0 aliphatic rings. The van der Waals surface area contributed by atoms with Crippen LogP contribution in [0.25, 0.3) is 0 Å². The number of rotatable bonds is 7. The van der Waals surface area contributed by atoms with Gasteiger partial charge in [-0.15, -0.1) is 0 Å². The lowest BCUT2D eigenvalue weighted by Gasteiger charge is -2.18. The predicted octanol–water partition coefficient (Wildman–Crippen LogP) is 3.34. The number of non-ortho nitro benzene ring substituents is 1. The van der Waals surface area contributed by atoms with E-state index < -0.39 is 4.92 Å². The lowest BCUT2D eigenvalue weighted by Crippen LogP contribution is -2.36. The molecule has 0 heterocycles. The van der Waals surface area contributed by atoms with E-state index in [0.717, 1.165) is 22.4 Å². The number of hydrogen-bond donors (Lipinski definition) is 2. The molecule has 0 unspecified atom stereocenters. The van der Waals surface area contributed by atoms with Gasteiger partial charge in [0.1, 0.15) is 0 Å². The molecule has 0 spiro atoms. The van der Waals surface area contributed by atoms with Crippen molar-refractivity contribution >= 4 is 28.9 Å². The number of hydrogen-bond acceptors (Lipinski definition) is 5. The summed E-state index contributed by atoms with van der Waals surface area (Å²) in [6.45, 7) is 7.64. The van der Waals surface area contributed by atoms with Gasteiger partial charge in [-0.3, -0.25) is 24.6 Å². The van der Waals surface area contributed by atoms with E-state index in [4.69, 9.17) is 0 Å². The van der Waals surface area contributed by atoms with Gasteiger partial charge < -0.3 is 10.6 Å². The lowest BCUT2D eigenvalue weighted by molar-refractivity contribution is -0.384. The first-order valence-electron chi connectivity index (χ1n) is 9.18. The van der Waals surface area contributed by atoms with Crippen molar-refractivity contribution in [1.29, 1.82) is 0 Å². The highest BCUT2D eigenvalue weighted by molar-refractivity contribution is 5.95. The van der Waals surface area contributed by atoms with Crippen LogP contribution in [-0.4, -0.2) is 41.8 Å². The number of likely N-dealkylation sites (N-methyl/N-ethyl adjacent to an activating group) is 1. The van der Waals surface area contributed by atoms with Crippen LogP contribution in [0.4, 0.5) is 17.1 Å². The number of aryl methyl sites for hydroxylation is 4. The van der Waals surface area contributed by atoms with Crippen LogP contribution in [0.1, 0.15) is 22.3 Å². The number of nitrogens with zero attached hydrogens (tertiary/aromatic N) is 2. The molecule has 0 aromatic heterocycles. The van der Waals surface area contributed by atoms with Gasteiger partial charge in [0.2, 0.25) is 11.8 Å². The molecule has 0 saturated heterocycles. The fourth-order valence-electron chi connectivity index (χ4n) is 3.19. The highest BCUT2D eigenvalue weighted by Gasteiger charge is 2.15. The van der Waals surface area contributed by atoms with E-state index in [1.807, 2.05) is 32.9 Å². The number of amides is 2. The van der Waals surface area contributed by atoms with Crippen molar-refractivity contribution in [2.75, 3.05) is 30.8 Å². The minimum absolute atomic E-state index is 0.00963. The Morgan fingerprint density at radius 3 is 2.00 bits per heavy atom. The van der Waals surface area contributed by atoms with Crippen LogP contribution in [0.3, 0.4) is 0 Å². The zero-order valence-electron chi connectivity index (χ0n) is 17.3. The second kappa shape index (κ2) is 9.29. The van der Waals surface area contributed by atoms with Gasteiger partial charge in [0.05, 0.1) is 18.0 Å². The summed E-state index contributed by atoms with van der Waals surface area (Å²) < 4.78 is 0. The molecular weight excluding hydrogens is 372 g/mol. The lowest BCUT2D eigenvalue weighted by atomic mass is 10.1. The third-order valence-corrected chi connectivity index (χ3v) is 4.46.